The summed E-state index contributed by atoms with van der Waals surface area (Å²) in [4.78, 5) is 31.4. The second-order valence-electron chi connectivity index (χ2n) is 6.13. The van der Waals surface area contributed by atoms with Crippen molar-refractivity contribution in [1.82, 2.24) is 9.78 Å². The van der Waals surface area contributed by atoms with Gasteiger partial charge < -0.3 is 15.3 Å². The smallest absolute Gasteiger partial charge is 0.433 e. The van der Waals surface area contributed by atoms with E-state index in [1.165, 1.54) is 6.20 Å². The third-order valence-electron chi connectivity index (χ3n) is 3.25. The molecule has 4 N–H and O–H groups in total. The van der Waals surface area contributed by atoms with Gasteiger partial charge in [0.1, 0.15) is 11.3 Å². The van der Waals surface area contributed by atoms with Gasteiger partial charge >= 0.3 is 12.1 Å². The van der Waals surface area contributed by atoms with E-state index in [0.29, 0.717) is 15.8 Å². The highest BCUT2D eigenvalue weighted by molar-refractivity contribution is 5.93. The van der Waals surface area contributed by atoms with Crippen molar-refractivity contribution >= 4 is 12.1 Å². The summed E-state index contributed by atoms with van der Waals surface area (Å²) in [6.45, 7) is 7.48. The number of phenols is 1. The Labute approximate surface area is 138 Å². The first-order valence-corrected chi connectivity index (χ1v) is 7.03. The molecule has 0 unspecified atom stereocenters. The Balaban J connectivity index is 0.000000272. The first kappa shape index (κ1) is 19.0. The summed E-state index contributed by atoms with van der Waals surface area (Å²) < 4.78 is 0.486. The third-order valence-corrected chi connectivity index (χ3v) is 3.25. The van der Waals surface area contributed by atoms with Crippen molar-refractivity contribution in [3.63, 3.8) is 0 Å². The van der Waals surface area contributed by atoms with Crippen molar-refractivity contribution in [3.8, 4) is 5.75 Å². The van der Waals surface area contributed by atoms with Gasteiger partial charge in [-0.15, -0.1) is 0 Å². The zero-order valence-electron chi connectivity index (χ0n) is 13.8. The molecule has 1 aromatic carbocycles. The third kappa shape index (κ3) is 4.25. The van der Waals surface area contributed by atoms with Gasteiger partial charge in [0.2, 0.25) is 0 Å². The van der Waals surface area contributed by atoms with Crippen LogP contribution in [0.3, 0.4) is 0 Å². The van der Waals surface area contributed by atoms with Crippen molar-refractivity contribution in [2.45, 2.75) is 33.1 Å². The summed E-state index contributed by atoms with van der Waals surface area (Å²) in [5.41, 5.74) is 0.408. The van der Waals surface area contributed by atoms with Gasteiger partial charge in [0.25, 0.3) is 5.56 Å². The average Bonchev–Trinajstić information content (AvgIpc) is 2.84. The highest BCUT2D eigenvalue weighted by atomic mass is 16.4. The monoisotopic (exact) mass is 336 g/mol. The van der Waals surface area contributed by atoms with E-state index in [2.05, 4.69) is 5.10 Å². The number of hydrogen-bond acceptors (Lipinski definition) is 4. The second-order valence-corrected chi connectivity index (χ2v) is 6.13. The molecule has 0 aliphatic heterocycles. The molecule has 0 atom stereocenters. The Morgan fingerprint density at radius 2 is 1.71 bits per heavy atom. The molecule has 0 spiro atoms. The predicted octanol–water partition coefficient (Wildman–Crippen LogP) is 2.40. The first-order chi connectivity index (χ1) is 11.0. The van der Waals surface area contributed by atoms with Crippen LogP contribution in [0.5, 0.6) is 5.75 Å². The van der Waals surface area contributed by atoms with Crippen molar-refractivity contribution in [2.24, 2.45) is 0 Å². The van der Waals surface area contributed by atoms with Crippen LogP contribution in [0, 0.1) is 6.92 Å². The molecule has 1 aromatic heterocycles. The van der Waals surface area contributed by atoms with Crippen LogP contribution in [0.15, 0.2) is 29.2 Å². The largest absolute Gasteiger partial charge is 0.507 e. The maximum Gasteiger partial charge on any atom is 0.433 e. The Morgan fingerprint density at radius 1 is 1.12 bits per heavy atom. The Morgan fingerprint density at radius 3 is 2.04 bits per heavy atom. The summed E-state index contributed by atoms with van der Waals surface area (Å²) in [5, 5.41) is 29.3. The lowest BCUT2D eigenvalue weighted by molar-refractivity contribution is 0.0692. The minimum absolute atomic E-state index is 0.00225. The number of aromatic nitrogens is 2. The molecule has 0 aliphatic rings. The number of hydrogen-bond donors (Lipinski definition) is 4. The average molecular weight is 336 g/mol. The zero-order valence-corrected chi connectivity index (χ0v) is 13.8. The van der Waals surface area contributed by atoms with Crippen molar-refractivity contribution in [1.29, 1.82) is 0 Å². The molecule has 8 nitrogen and oxygen atoms in total. The van der Waals surface area contributed by atoms with Crippen LogP contribution in [0.2, 0.25) is 0 Å². The fourth-order valence-electron chi connectivity index (χ4n) is 2.04. The number of carboxylic acid groups (broad SMARTS) is 2. The molecule has 1 heterocycles. The highest BCUT2D eigenvalue weighted by Gasteiger charge is 2.23. The quantitative estimate of drug-likeness (QED) is 0.632. The lowest BCUT2D eigenvalue weighted by Crippen LogP contribution is -2.22. The molecular weight excluding hydrogens is 316 g/mol. The minimum Gasteiger partial charge on any atom is -0.507 e. The molecule has 2 aromatic rings. The molecule has 0 fully saturated rings. The number of carboxylic acids is 1. The summed E-state index contributed by atoms with van der Waals surface area (Å²) in [7, 11) is 0. The number of aromatic carboxylic acids is 1. The lowest BCUT2D eigenvalue weighted by Gasteiger charge is -2.21. The predicted molar refractivity (Wildman–Crippen MR) is 87.0 cm³/mol. The Bertz CT molecular complexity index is 811. The summed E-state index contributed by atoms with van der Waals surface area (Å²) >= 11 is 0. The van der Waals surface area contributed by atoms with E-state index in [1.54, 1.807) is 19.1 Å². The molecule has 0 saturated carbocycles. The Kier molecular flexibility index (Phi) is 5.57. The maximum absolute atomic E-state index is 11.0. The van der Waals surface area contributed by atoms with Gasteiger partial charge in [0.05, 0.1) is 0 Å². The van der Waals surface area contributed by atoms with Crippen molar-refractivity contribution in [2.75, 3.05) is 0 Å². The van der Waals surface area contributed by atoms with Gasteiger partial charge in [-0.25, -0.2) is 9.59 Å². The van der Waals surface area contributed by atoms with Crippen LogP contribution in [0.25, 0.3) is 0 Å². The number of aryl methyl sites for hydroxylation is 1. The van der Waals surface area contributed by atoms with Gasteiger partial charge in [0, 0.05) is 17.8 Å². The number of H-pyrrole nitrogens is 1. The van der Waals surface area contributed by atoms with Crippen LogP contribution in [0.4, 0.5) is 4.79 Å². The van der Waals surface area contributed by atoms with E-state index in [0.717, 1.165) is 6.07 Å². The van der Waals surface area contributed by atoms with E-state index in [4.69, 9.17) is 10.2 Å². The van der Waals surface area contributed by atoms with Crippen molar-refractivity contribution in [3.05, 3.63) is 51.4 Å². The fraction of sp³-hybridized carbons (Fsp3) is 0.312. The van der Waals surface area contributed by atoms with E-state index in [-0.39, 0.29) is 16.7 Å². The number of rotatable bonds is 1. The maximum atomic E-state index is 11.0. The molecule has 0 radical (unpaired) electrons. The number of aromatic amines is 1. The van der Waals surface area contributed by atoms with E-state index in [1.807, 2.05) is 20.8 Å². The van der Waals surface area contributed by atoms with E-state index >= 15 is 0 Å². The van der Waals surface area contributed by atoms with Crippen LogP contribution in [0.1, 0.15) is 42.3 Å². The van der Waals surface area contributed by atoms with Gasteiger partial charge in [-0.2, -0.15) is 4.68 Å². The lowest BCUT2D eigenvalue weighted by atomic mass is 9.84. The van der Waals surface area contributed by atoms with Crippen LogP contribution in [-0.4, -0.2) is 37.2 Å². The number of benzene rings is 1. The minimum atomic E-state index is -1.30. The molecule has 0 amide bonds. The second kappa shape index (κ2) is 7.03. The molecule has 0 saturated heterocycles. The standard InChI is InChI=1S/C12H16O3.C4H4N2O3/c1-7-5-6-8(12(2,3)4)10(13)9(7)11(14)15;7-3-1-2-5-6(3)4(8)9/h5-6,13H,1-4H3,(H,14,15);1-2,5H,(H,8,9). The summed E-state index contributed by atoms with van der Waals surface area (Å²) in [6.07, 6.45) is -0.0406. The molecule has 2 rings (SSSR count). The number of nitrogens with zero attached hydrogens (tertiary/aromatic N) is 1. The topological polar surface area (TPSA) is 133 Å². The van der Waals surface area contributed by atoms with E-state index in [9.17, 15) is 19.5 Å². The van der Waals surface area contributed by atoms with E-state index < -0.39 is 17.6 Å². The molecular formula is C16H20N2O6. The first-order valence-electron chi connectivity index (χ1n) is 7.03. The highest BCUT2D eigenvalue weighted by Crippen LogP contribution is 2.34. The van der Waals surface area contributed by atoms with Crippen LogP contribution < -0.4 is 5.56 Å². The Hall–Kier alpha value is -3.03. The van der Waals surface area contributed by atoms with Gasteiger partial charge in [0.15, 0.2) is 0 Å². The number of aromatic hydroxyl groups is 1. The number of nitrogens with one attached hydrogen (secondary N) is 1. The number of carbonyl (C=O) groups is 2. The molecule has 0 aliphatic carbocycles. The SMILES string of the molecule is Cc1ccc(C(C)(C)C)c(O)c1C(=O)O.O=C(O)n1[nH]ccc1=O. The van der Waals surface area contributed by atoms with Gasteiger partial charge in [-0.05, 0) is 17.9 Å². The molecule has 0 bridgehead atoms. The van der Waals surface area contributed by atoms with Crippen LogP contribution in [-0.2, 0) is 5.41 Å². The molecule has 130 valence electrons. The van der Waals surface area contributed by atoms with Gasteiger partial charge in [-0.1, -0.05) is 32.9 Å². The summed E-state index contributed by atoms with van der Waals surface area (Å²) in [6, 6.07) is 4.63. The molecule has 8 heteroatoms. The normalized spacial score (nSPS) is 10.7. The zero-order chi connectivity index (χ0) is 18.7. The molecule has 24 heavy (non-hydrogen) atoms. The fourth-order valence-corrected chi connectivity index (χ4v) is 2.04. The van der Waals surface area contributed by atoms with Crippen molar-refractivity contribution < 1.29 is 24.9 Å². The summed E-state index contributed by atoms with van der Waals surface area (Å²) in [5.74, 6) is -1.20. The van der Waals surface area contributed by atoms with Crippen LogP contribution >= 0.6 is 0 Å². The van der Waals surface area contributed by atoms with Gasteiger partial charge in [-0.3, -0.25) is 9.89 Å².